The third kappa shape index (κ3) is 3.68. The zero-order valence-corrected chi connectivity index (χ0v) is 11.7. The van der Waals surface area contributed by atoms with Gasteiger partial charge in [0.1, 0.15) is 0 Å². The summed E-state index contributed by atoms with van der Waals surface area (Å²) in [6.07, 6.45) is 4.95. The van der Waals surface area contributed by atoms with Gasteiger partial charge in [-0.15, -0.1) is 0 Å². The van der Waals surface area contributed by atoms with Crippen LogP contribution in [0.5, 0.6) is 0 Å². The molecule has 0 unspecified atom stereocenters. The Morgan fingerprint density at radius 3 is 2.42 bits per heavy atom. The van der Waals surface area contributed by atoms with Crippen LogP contribution < -0.4 is 5.73 Å². The van der Waals surface area contributed by atoms with Gasteiger partial charge >= 0.3 is 0 Å². The van der Waals surface area contributed by atoms with Gasteiger partial charge in [0.15, 0.2) is 0 Å². The van der Waals surface area contributed by atoms with Crippen molar-refractivity contribution >= 4 is 0 Å². The van der Waals surface area contributed by atoms with E-state index in [4.69, 9.17) is 5.73 Å². The molecule has 0 radical (unpaired) electrons. The first-order valence-corrected chi connectivity index (χ1v) is 7.22. The molecule has 0 saturated heterocycles. The fourth-order valence-corrected chi connectivity index (χ4v) is 2.45. The van der Waals surface area contributed by atoms with E-state index < -0.39 is 0 Å². The number of hydrogen-bond acceptors (Lipinski definition) is 1. The molecule has 0 heterocycles. The van der Waals surface area contributed by atoms with E-state index in [2.05, 4.69) is 55.5 Å². The molecule has 1 nitrogen and oxygen atoms in total. The molecule has 0 aliphatic heterocycles. The summed E-state index contributed by atoms with van der Waals surface area (Å²) >= 11 is 0. The van der Waals surface area contributed by atoms with Gasteiger partial charge in [0, 0.05) is 6.54 Å². The van der Waals surface area contributed by atoms with E-state index in [-0.39, 0.29) is 0 Å². The Kier molecular flexibility index (Phi) is 5.17. The third-order valence-electron chi connectivity index (χ3n) is 3.54. The number of nitrogens with two attached hydrogens (primary N) is 1. The minimum absolute atomic E-state index is 0.621. The topological polar surface area (TPSA) is 26.0 Å². The molecule has 2 N–H and O–H groups in total. The Balaban J connectivity index is 2.31. The zero-order chi connectivity index (χ0) is 13.5. The molecule has 0 aliphatic rings. The lowest BCUT2D eigenvalue weighted by atomic mass is 9.94. The largest absolute Gasteiger partial charge is 0.326 e. The quantitative estimate of drug-likeness (QED) is 0.751. The summed E-state index contributed by atoms with van der Waals surface area (Å²) in [5.41, 5.74) is 11.1. The summed E-state index contributed by atoms with van der Waals surface area (Å²) in [5.74, 6) is 0. The van der Waals surface area contributed by atoms with Crippen molar-refractivity contribution in [3.8, 4) is 11.1 Å². The second-order valence-corrected chi connectivity index (χ2v) is 5.02. The first-order chi connectivity index (χ1) is 9.35. The molecule has 0 atom stereocenters. The number of hydrogen-bond donors (Lipinski definition) is 1. The van der Waals surface area contributed by atoms with Gasteiger partial charge in [0.25, 0.3) is 0 Å². The normalized spacial score (nSPS) is 10.6. The highest BCUT2D eigenvalue weighted by atomic mass is 14.5. The Morgan fingerprint density at radius 1 is 0.947 bits per heavy atom. The molecule has 0 saturated carbocycles. The molecule has 0 bridgehead atoms. The minimum Gasteiger partial charge on any atom is -0.326 e. The maximum atomic E-state index is 5.76. The second kappa shape index (κ2) is 7.10. The summed E-state index contributed by atoms with van der Waals surface area (Å²) in [5, 5.41) is 0. The molecule has 0 aliphatic carbocycles. The zero-order valence-electron chi connectivity index (χ0n) is 11.7. The van der Waals surface area contributed by atoms with Gasteiger partial charge in [-0.1, -0.05) is 68.3 Å². The lowest BCUT2D eigenvalue weighted by Crippen LogP contribution is -1.99. The molecule has 2 aromatic rings. The average Bonchev–Trinajstić information content (AvgIpc) is 2.48. The SMILES string of the molecule is CCCCCc1cc(CN)ccc1-c1ccccc1. The van der Waals surface area contributed by atoms with Crippen LogP contribution in [0.25, 0.3) is 11.1 Å². The van der Waals surface area contributed by atoms with Crippen LogP contribution in [0.4, 0.5) is 0 Å². The smallest absolute Gasteiger partial charge is 0.0178 e. The molecule has 0 aromatic heterocycles. The van der Waals surface area contributed by atoms with E-state index in [9.17, 15) is 0 Å². The van der Waals surface area contributed by atoms with Gasteiger partial charge < -0.3 is 5.73 Å². The van der Waals surface area contributed by atoms with E-state index in [0.29, 0.717) is 6.54 Å². The number of unbranched alkanes of at least 4 members (excludes halogenated alkanes) is 2. The standard InChI is InChI=1S/C18H23N/c1-2-3-5-10-17-13-15(14-19)11-12-18(17)16-8-6-4-7-9-16/h4,6-9,11-13H,2-3,5,10,14,19H2,1H3. The molecule has 1 heteroatoms. The first kappa shape index (κ1) is 13.8. The summed E-state index contributed by atoms with van der Waals surface area (Å²) in [6.45, 7) is 2.87. The minimum atomic E-state index is 0.621. The molecule has 19 heavy (non-hydrogen) atoms. The van der Waals surface area contributed by atoms with E-state index in [1.165, 1.54) is 41.5 Å². The predicted molar refractivity (Wildman–Crippen MR) is 83.0 cm³/mol. The van der Waals surface area contributed by atoms with Crippen LogP contribution in [0.15, 0.2) is 48.5 Å². The molecular weight excluding hydrogens is 230 g/mol. The maximum absolute atomic E-state index is 5.76. The number of aryl methyl sites for hydroxylation is 1. The van der Waals surface area contributed by atoms with Crippen LogP contribution in [-0.2, 0) is 13.0 Å². The van der Waals surface area contributed by atoms with Crippen LogP contribution >= 0.6 is 0 Å². The van der Waals surface area contributed by atoms with Gasteiger partial charge in [-0.25, -0.2) is 0 Å². The van der Waals surface area contributed by atoms with Crippen LogP contribution in [0.3, 0.4) is 0 Å². The predicted octanol–water partition coefficient (Wildman–Crippen LogP) is 4.55. The van der Waals surface area contributed by atoms with Crippen LogP contribution in [-0.4, -0.2) is 0 Å². The van der Waals surface area contributed by atoms with Crippen LogP contribution in [0.1, 0.15) is 37.3 Å². The summed E-state index contributed by atoms with van der Waals surface area (Å²) in [6, 6.07) is 17.3. The highest BCUT2D eigenvalue weighted by molar-refractivity contribution is 5.67. The fraction of sp³-hybridized carbons (Fsp3) is 0.333. The first-order valence-electron chi connectivity index (χ1n) is 7.22. The molecule has 2 aromatic carbocycles. The van der Waals surface area contributed by atoms with Crippen LogP contribution in [0.2, 0.25) is 0 Å². The van der Waals surface area contributed by atoms with Gasteiger partial charge in [0.2, 0.25) is 0 Å². The van der Waals surface area contributed by atoms with E-state index in [1.54, 1.807) is 0 Å². The van der Waals surface area contributed by atoms with Gasteiger partial charge in [-0.2, -0.15) is 0 Å². The Morgan fingerprint density at radius 2 is 1.74 bits per heavy atom. The lowest BCUT2D eigenvalue weighted by Gasteiger charge is -2.11. The Hall–Kier alpha value is -1.60. The van der Waals surface area contributed by atoms with Crippen molar-refractivity contribution in [2.75, 3.05) is 0 Å². The molecule has 0 spiro atoms. The van der Waals surface area contributed by atoms with E-state index in [0.717, 1.165) is 6.42 Å². The lowest BCUT2D eigenvalue weighted by molar-refractivity contribution is 0.717. The Labute approximate surface area is 116 Å². The Bertz CT molecular complexity index is 502. The molecule has 0 amide bonds. The summed E-state index contributed by atoms with van der Waals surface area (Å²) < 4.78 is 0. The van der Waals surface area contributed by atoms with Crippen molar-refractivity contribution in [2.45, 2.75) is 39.2 Å². The van der Waals surface area contributed by atoms with Gasteiger partial charge in [-0.05, 0) is 35.1 Å². The van der Waals surface area contributed by atoms with E-state index >= 15 is 0 Å². The molecule has 2 rings (SSSR count). The fourth-order valence-electron chi connectivity index (χ4n) is 2.45. The van der Waals surface area contributed by atoms with Crippen molar-refractivity contribution in [3.63, 3.8) is 0 Å². The monoisotopic (exact) mass is 253 g/mol. The maximum Gasteiger partial charge on any atom is 0.0178 e. The highest BCUT2D eigenvalue weighted by Gasteiger charge is 2.05. The molecule has 100 valence electrons. The van der Waals surface area contributed by atoms with E-state index in [1.807, 2.05) is 0 Å². The third-order valence-corrected chi connectivity index (χ3v) is 3.54. The van der Waals surface area contributed by atoms with Crippen molar-refractivity contribution in [2.24, 2.45) is 5.73 Å². The van der Waals surface area contributed by atoms with Crippen molar-refractivity contribution in [1.29, 1.82) is 0 Å². The highest BCUT2D eigenvalue weighted by Crippen LogP contribution is 2.26. The summed E-state index contributed by atoms with van der Waals surface area (Å²) in [7, 11) is 0. The van der Waals surface area contributed by atoms with Gasteiger partial charge in [-0.3, -0.25) is 0 Å². The average molecular weight is 253 g/mol. The second-order valence-electron chi connectivity index (χ2n) is 5.02. The van der Waals surface area contributed by atoms with Crippen LogP contribution in [0, 0.1) is 0 Å². The van der Waals surface area contributed by atoms with Gasteiger partial charge in [0.05, 0.1) is 0 Å². The summed E-state index contributed by atoms with van der Waals surface area (Å²) in [4.78, 5) is 0. The van der Waals surface area contributed by atoms with Crippen molar-refractivity contribution < 1.29 is 0 Å². The van der Waals surface area contributed by atoms with Crippen molar-refractivity contribution in [3.05, 3.63) is 59.7 Å². The number of benzene rings is 2. The molecular formula is C18H23N. The number of rotatable bonds is 6. The molecule has 0 fully saturated rings. The van der Waals surface area contributed by atoms with Crippen molar-refractivity contribution in [1.82, 2.24) is 0 Å².